The highest BCUT2D eigenvalue weighted by Crippen LogP contribution is 2.40. The van der Waals surface area contributed by atoms with Gasteiger partial charge in [0.2, 0.25) is 17.8 Å². The number of aliphatic hydroxyl groups excluding tert-OH is 1. The maximum absolute atomic E-state index is 14.4. The Morgan fingerprint density at radius 1 is 0.580 bits per heavy atom. The van der Waals surface area contributed by atoms with Crippen LogP contribution in [-0.2, 0) is 72.3 Å². The zero-order valence-corrected chi connectivity index (χ0v) is 64.8. The van der Waals surface area contributed by atoms with Gasteiger partial charge in [0.25, 0.3) is 0 Å². The van der Waals surface area contributed by atoms with Crippen molar-refractivity contribution in [3.63, 3.8) is 0 Å². The number of rotatable bonds is 18. The minimum absolute atomic E-state index is 0. The first-order chi connectivity index (χ1) is 52.3. The van der Waals surface area contributed by atoms with E-state index < -0.39 is 21.8 Å². The molecule has 0 spiro atoms. The molecule has 0 unspecified atom stereocenters. The first-order valence-corrected chi connectivity index (χ1v) is 39.2. The molecule has 0 bridgehead atoms. The lowest BCUT2D eigenvalue weighted by molar-refractivity contribution is 0.00578. The highest BCUT2D eigenvalue weighted by Gasteiger charge is 2.52. The summed E-state index contributed by atoms with van der Waals surface area (Å²) in [6.07, 6.45) is 17.4. The fourth-order valence-corrected chi connectivity index (χ4v) is 13.5. The Bertz CT molecular complexity index is 5020. The molecule has 1 fully saturated rings. The molecule has 1 saturated heterocycles. The van der Waals surface area contributed by atoms with Gasteiger partial charge in [0.05, 0.1) is 60.1 Å². The Kier molecular flexibility index (Phi) is 28.7. The van der Waals surface area contributed by atoms with Crippen molar-refractivity contribution in [2.75, 3.05) is 35.8 Å². The molecule has 0 atom stereocenters. The van der Waals surface area contributed by atoms with Crippen LogP contribution in [0.5, 0.6) is 17.2 Å². The van der Waals surface area contributed by atoms with Gasteiger partial charge < -0.3 is 49.0 Å². The van der Waals surface area contributed by atoms with Crippen LogP contribution in [0.3, 0.4) is 0 Å². The van der Waals surface area contributed by atoms with E-state index in [0.717, 1.165) is 84.8 Å². The number of hydrogen-bond donors (Lipinski definition) is 4. The molecule has 0 amide bonds. The molecule has 0 aliphatic carbocycles. The van der Waals surface area contributed by atoms with Crippen molar-refractivity contribution >= 4 is 108 Å². The summed E-state index contributed by atoms with van der Waals surface area (Å²) < 4.78 is 84.1. The van der Waals surface area contributed by atoms with Gasteiger partial charge in [-0.3, -0.25) is 28.2 Å². The number of aryl methyl sites for hydroxylation is 1. The van der Waals surface area contributed by atoms with Gasteiger partial charge in [0.1, 0.15) is 53.7 Å². The standard InChI is InChI=1S/C21H19FN6O.C20H17FN6O2.C18H32BNO3Si.C14H11BrFN5O.3CH4.B5/c1-2-18-13(4-3-8-23-18)16-11-25-21(28-12-26-27-20(16)28)24-10-15-14-7-9-29-19(14)6-5-17(15)22;21-16-3-4-18-13(5-7-29-18)14(16)8-23-20-24-9-15(19-26-25-11-27(19)20)12-2-1-6-22-17(12)10-28;1-16(2,3)24(8,9)21-13-15-14(11-10-12-20-15)19-22-17(4,5)18(6,7)23-19;15-10-6-18-14(21-7-19-20-13(10)21)17-5-9-8-3-4-22-12(8)2-1-11(9)16;;;;1-4-5(2)3/h3-6,8,11-12H,2,7,9-10H2,1H3,(H,24,25);1-4,6,9,11,28H,5,7-8,10H2,(H,23,24);10-12H,13H2,1-9H3;1-2,6-7H,3-5H2,(H,17,18);3*1H4;. The lowest BCUT2D eigenvalue weighted by Crippen LogP contribution is -2.42. The molecule has 13 heterocycles. The first kappa shape index (κ1) is 86.3. The van der Waals surface area contributed by atoms with Crippen molar-refractivity contribution in [3.8, 4) is 39.5 Å². The van der Waals surface area contributed by atoms with Crippen LogP contribution in [0.25, 0.3) is 39.2 Å². The molecule has 4 N–H and O–H groups in total. The van der Waals surface area contributed by atoms with E-state index in [1.54, 1.807) is 87.3 Å². The van der Waals surface area contributed by atoms with E-state index in [1.807, 2.05) is 30.3 Å². The molecule has 0 saturated carbocycles. The number of benzene rings is 3. The number of nitrogens with zero attached hydrogens (tertiary/aromatic N) is 15. The monoisotopic (exact) mass is 1600 g/mol. The number of pyridine rings is 3. The zero-order chi connectivity index (χ0) is 77.4. The number of ether oxygens (including phenoxy) is 3. The summed E-state index contributed by atoms with van der Waals surface area (Å²) in [5.74, 6) is 3.07. The number of fused-ring (bicyclic) bond motifs is 6. The second kappa shape index (κ2) is 37.3. The van der Waals surface area contributed by atoms with E-state index in [-0.39, 0.29) is 69.1 Å². The van der Waals surface area contributed by atoms with Crippen LogP contribution in [0.4, 0.5) is 31.0 Å². The van der Waals surface area contributed by atoms with Crippen molar-refractivity contribution in [2.45, 2.75) is 166 Å². The van der Waals surface area contributed by atoms with Crippen LogP contribution < -0.4 is 35.6 Å². The third-order valence-electron chi connectivity index (χ3n) is 19.9. The third kappa shape index (κ3) is 19.0. The van der Waals surface area contributed by atoms with E-state index in [0.29, 0.717) is 115 Å². The fourth-order valence-electron chi connectivity index (χ4n) is 12.2. The summed E-state index contributed by atoms with van der Waals surface area (Å²) in [5.41, 5.74) is 12.3. The summed E-state index contributed by atoms with van der Waals surface area (Å²) in [4.78, 5) is 26.5. The van der Waals surface area contributed by atoms with Crippen molar-refractivity contribution in [1.29, 1.82) is 0 Å². The normalized spacial score (nSPS) is 13.9. The molecule has 3 aromatic carbocycles. The fraction of sp³-hybridized carbons (Fsp3) is 0.368. The first-order valence-electron chi connectivity index (χ1n) is 35.5. The molecule has 12 aromatic rings. The van der Waals surface area contributed by atoms with Crippen LogP contribution in [0, 0.1) is 17.5 Å². The highest BCUT2D eigenvalue weighted by atomic mass is 79.9. The zero-order valence-electron chi connectivity index (χ0n) is 62.2. The van der Waals surface area contributed by atoms with Crippen LogP contribution in [0.2, 0.25) is 18.1 Å². The van der Waals surface area contributed by atoms with Gasteiger partial charge in [-0.05, 0) is 123 Å². The number of aliphatic hydroxyl groups is 1. The molecule has 9 aromatic heterocycles. The Balaban J connectivity index is 0.000000167. The Morgan fingerprint density at radius 3 is 1.38 bits per heavy atom. The van der Waals surface area contributed by atoms with Gasteiger partial charge in [0.15, 0.2) is 25.3 Å². The molecule has 16 rings (SSSR count). The molecule has 112 heavy (non-hydrogen) atoms. The molecule has 4 aliphatic heterocycles. The molecule has 25 nitrogen and oxygen atoms in total. The topological polar surface area (TPSA) is 280 Å². The summed E-state index contributed by atoms with van der Waals surface area (Å²) in [7, 11) is 13.6. The average Bonchev–Trinajstić information content (AvgIpc) is 1.53. The molecule has 36 heteroatoms. The maximum atomic E-state index is 14.4. The minimum Gasteiger partial charge on any atom is -0.493 e. The number of aromatic nitrogens is 15. The lowest BCUT2D eigenvalue weighted by Gasteiger charge is -2.36. The van der Waals surface area contributed by atoms with Crippen LogP contribution in [0.15, 0.2) is 133 Å². The van der Waals surface area contributed by atoms with Crippen molar-refractivity contribution in [2.24, 2.45) is 0 Å². The number of halogens is 4. The van der Waals surface area contributed by atoms with Crippen molar-refractivity contribution in [3.05, 3.63) is 201 Å². The van der Waals surface area contributed by atoms with Gasteiger partial charge in [-0.2, -0.15) is 0 Å². The van der Waals surface area contributed by atoms with Gasteiger partial charge in [-0.25, -0.2) is 28.1 Å². The number of anilines is 3. The third-order valence-corrected chi connectivity index (χ3v) is 25.0. The Hall–Kier alpha value is -9.72. The predicted molar refractivity (Wildman–Crippen MR) is 441 cm³/mol. The van der Waals surface area contributed by atoms with E-state index in [4.69, 9.17) is 51.2 Å². The maximum Gasteiger partial charge on any atom is 0.496 e. The van der Waals surface area contributed by atoms with E-state index in [9.17, 15) is 18.3 Å². The van der Waals surface area contributed by atoms with Crippen LogP contribution in [-0.4, -0.2) is 162 Å². The minimum atomic E-state index is -1.83. The number of nitrogens with one attached hydrogen (secondary N) is 3. The average molecular weight is 1600 g/mol. The quantitative estimate of drug-likeness (QED) is 0.0581. The molecular formula is C76H91B6BrF3N18O7Si. The summed E-state index contributed by atoms with van der Waals surface area (Å²) >= 11 is 3.37. The van der Waals surface area contributed by atoms with E-state index in [2.05, 4.69) is 161 Å². The molecule has 577 valence electrons. The number of hydrogen-bond acceptors (Lipinski definition) is 22. The van der Waals surface area contributed by atoms with Crippen molar-refractivity contribution < 1.29 is 46.2 Å². The van der Waals surface area contributed by atoms with Crippen molar-refractivity contribution in [1.82, 2.24) is 73.7 Å². The smallest absolute Gasteiger partial charge is 0.493 e. The molecular weight excluding hydrogens is 1510 g/mol. The van der Waals surface area contributed by atoms with E-state index in [1.165, 1.54) is 31.6 Å². The highest BCUT2D eigenvalue weighted by molar-refractivity contribution is 9.10. The van der Waals surface area contributed by atoms with Gasteiger partial charge >= 0.3 is 7.12 Å². The van der Waals surface area contributed by atoms with Gasteiger partial charge in [-0.1, -0.05) is 68.2 Å². The van der Waals surface area contributed by atoms with Crippen LogP contribution in [0.1, 0.15) is 128 Å². The lowest BCUT2D eigenvalue weighted by atomic mass is 8.97. The SMILES string of the molecule is C.C.C.CC1(C)OB(c2cccnc2CO[Si](C)(C)C(C)(C)C)OC1(C)C.CCc1ncccc1-c1cnc(NCc2c(F)ccc3c2CCO3)n2cnnc12.Fc1ccc2c(c1CNc1ncc(Br)c3nncn13)CCO2.OCc1ncccc1-c1cnc(NCc2c(F)ccc3c2CCO3)n2cnnc12.[B][B]B([B])[B]. The largest absolute Gasteiger partial charge is 0.496 e. The summed E-state index contributed by atoms with van der Waals surface area (Å²) in [5, 5.41) is 43.7. The molecule has 4 aliphatic rings. The second-order valence-electron chi connectivity index (χ2n) is 28.3. The molecule has 7 radical (unpaired) electrons. The Labute approximate surface area is 666 Å². The summed E-state index contributed by atoms with van der Waals surface area (Å²) in [6, 6.07) is 20.8. The van der Waals surface area contributed by atoms with Gasteiger partial charge in [0, 0.05) is 180 Å². The predicted octanol–water partition coefficient (Wildman–Crippen LogP) is 12.3. The Morgan fingerprint density at radius 2 is 0.964 bits per heavy atom. The van der Waals surface area contributed by atoms with Gasteiger partial charge in [-0.15, -0.1) is 30.6 Å². The van der Waals surface area contributed by atoms with E-state index >= 15 is 0 Å². The second-order valence-corrected chi connectivity index (χ2v) is 34.0. The summed E-state index contributed by atoms with van der Waals surface area (Å²) in [6.45, 7) is 24.5. The van der Waals surface area contributed by atoms with Crippen LogP contribution >= 0.6 is 15.9 Å².